The Balaban J connectivity index is 2.88. The van der Waals surface area contributed by atoms with Gasteiger partial charge in [0.1, 0.15) is 0 Å². The van der Waals surface area contributed by atoms with Crippen molar-refractivity contribution in [1.82, 2.24) is 10.2 Å². The molecule has 0 bridgehead atoms. The maximum absolute atomic E-state index is 11.9. The van der Waals surface area contributed by atoms with Crippen LogP contribution in [0.4, 0.5) is 0 Å². The Morgan fingerprint density at radius 3 is 2.94 bits per heavy atom. The van der Waals surface area contributed by atoms with Crippen LogP contribution in [0.15, 0.2) is 23.4 Å². The number of hydrogen-bond donors (Lipinski definition) is 1. The molecule has 1 unspecified atom stereocenters. The van der Waals surface area contributed by atoms with Crippen molar-refractivity contribution in [2.24, 2.45) is 5.92 Å². The highest BCUT2D eigenvalue weighted by atomic mass is 16.5. The molecule has 1 rings (SSSR count). The predicted molar refractivity (Wildman–Crippen MR) is 73.1 cm³/mol. The lowest BCUT2D eigenvalue weighted by Gasteiger charge is -2.28. The van der Waals surface area contributed by atoms with Gasteiger partial charge in [-0.25, -0.2) is 4.79 Å². The van der Waals surface area contributed by atoms with E-state index in [9.17, 15) is 4.79 Å². The maximum atomic E-state index is 11.9. The van der Waals surface area contributed by atoms with E-state index in [0.717, 1.165) is 25.2 Å². The second-order valence-corrected chi connectivity index (χ2v) is 4.65. The lowest BCUT2D eigenvalue weighted by atomic mass is 9.94. The molecule has 4 nitrogen and oxygen atoms in total. The molecule has 0 radical (unpaired) electrons. The third kappa shape index (κ3) is 3.88. The summed E-state index contributed by atoms with van der Waals surface area (Å²) in [5, 5.41) is 3.12. The summed E-state index contributed by atoms with van der Waals surface area (Å²) in [6, 6.07) is 0. The Hall–Kier alpha value is -1.29. The summed E-state index contributed by atoms with van der Waals surface area (Å²) in [6.45, 7) is 6.19. The Bertz CT molecular complexity index is 348. The summed E-state index contributed by atoms with van der Waals surface area (Å²) >= 11 is 0. The van der Waals surface area contributed by atoms with Crippen LogP contribution in [0.25, 0.3) is 0 Å². The molecule has 0 amide bonds. The van der Waals surface area contributed by atoms with Gasteiger partial charge in [-0.2, -0.15) is 0 Å². The fraction of sp³-hybridized carbons (Fsp3) is 0.643. The molecule has 0 aromatic rings. The van der Waals surface area contributed by atoms with Crippen LogP contribution in [0, 0.1) is 5.92 Å². The van der Waals surface area contributed by atoms with Gasteiger partial charge in [0, 0.05) is 25.8 Å². The number of hydrogen-bond acceptors (Lipinski definition) is 4. The number of rotatable bonds is 6. The van der Waals surface area contributed by atoms with Gasteiger partial charge in [-0.3, -0.25) is 0 Å². The zero-order valence-electron chi connectivity index (χ0n) is 11.8. The van der Waals surface area contributed by atoms with Gasteiger partial charge < -0.3 is 15.0 Å². The van der Waals surface area contributed by atoms with E-state index in [1.165, 1.54) is 0 Å². The molecular formula is C14H24N2O2. The molecule has 0 saturated carbocycles. The van der Waals surface area contributed by atoms with Gasteiger partial charge in [-0.05, 0) is 32.4 Å². The Morgan fingerprint density at radius 2 is 2.33 bits per heavy atom. The molecule has 0 heterocycles. The third-order valence-corrected chi connectivity index (χ3v) is 3.07. The Kier molecular flexibility index (Phi) is 5.92. The fourth-order valence-corrected chi connectivity index (χ4v) is 2.01. The minimum atomic E-state index is -0.216. The molecule has 4 heteroatoms. The molecule has 1 aliphatic carbocycles. The van der Waals surface area contributed by atoms with Gasteiger partial charge in [0.15, 0.2) is 0 Å². The van der Waals surface area contributed by atoms with E-state index in [1.54, 1.807) is 0 Å². The Morgan fingerprint density at radius 1 is 1.61 bits per heavy atom. The summed E-state index contributed by atoms with van der Waals surface area (Å²) in [4.78, 5) is 14.1. The van der Waals surface area contributed by atoms with Crippen molar-refractivity contribution < 1.29 is 9.53 Å². The summed E-state index contributed by atoms with van der Waals surface area (Å²) in [5.74, 6) is 0.252. The number of carbonyl (C=O) groups is 1. The first-order valence-corrected chi connectivity index (χ1v) is 6.54. The number of carbonyl (C=O) groups excluding carboxylic acids is 1. The van der Waals surface area contributed by atoms with Gasteiger partial charge in [0.05, 0.1) is 12.2 Å². The van der Waals surface area contributed by atoms with Crippen molar-refractivity contribution in [2.75, 3.05) is 33.8 Å². The number of likely N-dealkylation sites (N-methyl/N-ethyl adjacent to an activating group) is 2. The largest absolute Gasteiger partial charge is 0.462 e. The minimum Gasteiger partial charge on any atom is -0.462 e. The molecule has 1 N–H and O–H groups in total. The second kappa shape index (κ2) is 7.21. The van der Waals surface area contributed by atoms with Crippen LogP contribution in [0.1, 0.15) is 20.3 Å². The SMILES string of the molecule is CCOC(=O)C1=C(N(C)CCNC)CC(C)C=C1. The van der Waals surface area contributed by atoms with Crippen LogP contribution >= 0.6 is 0 Å². The highest BCUT2D eigenvalue weighted by Crippen LogP contribution is 2.26. The quantitative estimate of drug-likeness (QED) is 0.728. The van der Waals surface area contributed by atoms with Crippen LogP contribution in [0.5, 0.6) is 0 Å². The average Bonchev–Trinajstić information content (AvgIpc) is 2.36. The molecule has 0 spiro atoms. The Labute approximate surface area is 110 Å². The summed E-state index contributed by atoms with van der Waals surface area (Å²) in [5.41, 5.74) is 1.78. The van der Waals surface area contributed by atoms with Crippen LogP contribution in [0.2, 0.25) is 0 Å². The van der Waals surface area contributed by atoms with Crippen LogP contribution in [-0.4, -0.2) is 44.7 Å². The van der Waals surface area contributed by atoms with Crippen molar-refractivity contribution in [2.45, 2.75) is 20.3 Å². The van der Waals surface area contributed by atoms with Crippen molar-refractivity contribution in [3.63, 3.8) is 0 Å². The maximum Gasteiger partial charge on any atom is 0.339 e. The number of ether oxygens (including phenoxy) is 1. The molecule has 0 aromatic heterocycles. The lowest BCUT2D eigenvalue weighted by molar-refractivity contribution is -0.138. The molecule has 0 aliphatic heterocycles. The van der Waals surface area contributed by atoms with Gasteiger partial charge in [0.2, 0.25) is 0 Å². The molecule has 1 aliphatic rings. The molecule has 102 valence electrons. The standard InChI is InChI=1S/C14H24N2O2/c1-5-18-14(17)12-7-6-11(2)10-13(12)16(4)9-8-15-3/h6-7,11,15H,5,8-10H2,1-4H3. The van der Waals surface area contributed by atoms with Crippen molar-refractivity contribution >= 4 is 5.97 Å². The third-order valence-electron chi connectivity index (χ3n) is 3.07. The number of nitrogens with one attached hydrogen (secondary N) is 1. The highest BCUT2D eigenvalue weighted by molar-refractivity contribution is 5.92. The van der Waals surface area contributed by atoms with Gasteiger partial charge in [-0.15, -0.1) is 0 Å². The predicted octanol–water partition coefficient (Wildman–Crippen LogP) is 1.55. The lowest BCUT2D eigenvalue weighted by Crippen LogP contribution is -2.30. The smallest absolute Gasteiger partial charge is 0.339 e. The monoisotopic (exact) mass is 252 g/mol. The second-order valence-electron chi connectivity index (χ2n) is 4.65. The van der Waals surface area contributed by atoms with Crippen molar-refractivity contribution in [3.05, 3.63) is 23.4 Å². The first-order valence-electron chi connectivity index (χ1n) is 6.54. The van der Waals surface area contributed by atoms with Crippen LogP contribution in [0.3, 0.4) is 0 Å². The summed E-state index contributed by atoms with van der Waals surface area (Å²) in [6.07, 6.45) is 4.86. The summed E-state index contributed by atoms with van der Waals surface area (Å²) in [7, 11) is 3.95. The minimum absolute atomic E-state index is 0.216. The number of nitrogens with zero attached hydrogens (tertiary/aromatic N) is 1. The fourth-order valence-electron chi connectivity index (χ4n) is 2.01. The zero-order chi connectivity index (χ0) is 13.5. The van der Waals surface area contributed by atoms with E-state index in [-0.39, 0.29) is 5.97 Å². The number of esters is 1. The molecular weight excluding hydrogens is 228 g/mol. The molecule has 0 aromatic carbocycles. The van der Waals surface area contributed by atoms with Gasteiger partial charge in [0.25, 0.3) is 0 Å². The topological polar surface area (TPSA) is 41.6 Å². The van der Waals surface area contributed by atoms with E-state index in [2.05, 4.69) is 23.2 Å². The molecule has 18 heavy (non-hydrogen) atoms. The highest BCUT2D eigenvalue weighted by Gasteiger charge is 2.22. The van der Waals surface area contributed by atoms with E-state index in [1.807, 2.05) is 27.1 Å². The van der Waals surface area contributed by atoms with Gasteiger partial charge in [-0.1, -0.05) is 13.0 Å². The summed E-state index contributed by atoms with van der Waals surface area (Å²) < 4.78 is 5.11. The van der Waals surface area contributed by atoms with E-state index in [0.29, 0.717) is 18.1 Å². The number of allylic oxidation sites excluding steroid dienone is 2. The van der Waals surface area contributed by atoms with Gasteiger partial charge >= 0.3 is 5.97 Å². The van der Waals surface area contributed by atoms with Crippen LogP contribution < -0.4 is 5.32 Å². The van der Waals surface area contributed by atoms with Crippen LogP contribution in [-0.2, 0) is 9.53 Å². The molecule has 1 atom stereocenters. The first kappa shape index (κ1) is 14.8. The van der Waals surface area contributed by atoms with E-state index >= 15 is 0 Å². The normalized spacial score (nSPS) is 19.0. The molecule has 0 fully saturated rings. The van der Waals surface area contributed by atoms with E-state index < -0.39 is 0 Å². The first-order chi connectivity index (χ1) is 8.60. The molecule has 0 saturated heterocycles. The zero-order valence-corrected chi connectivity index (χ0v) is 11.8. The van der Waals surface area contributed by atoms with Crippen molar-refractivity contribution in [3.8, 4) is 0 Å². The average molecular weight is 252 g/mol. The van der Waals surface area contributed by atoms with Crippen molar-refractivity contribution in [1.29, 1.82) is 0 Å². The van der Waals surface area contributed by atoms with E-state index in [4.69, 9.17) is 4.74 Å².